The number of carbonyl (C=O) groups excluding carboxylic acids is 2. The highest BCUT2D eigenvalue weighted by molar-refractivity contribution is 7.91. The maximum atomic E-state index is 12.5. The molecule has 0 aromatic heterocycles. The summed E-state index contributed by atoms with van der Waals surface area (Å²) >= 11 is 0. The van der Waals surface area contributed by atoms with Gasteiger partial charge in [-0.15, -0.1) is 0 Å². The standard InChI is InChI=1S/C18H26N2O6S/c1-18(2,17(22)20-13-7-8-27(23,24)11-13)16(21)19-10-12-5-6-14(25-3)15(9-12)26-4/h5-6,9,13H,7-8,10-11H2,1-4H3,(H,19,21)(H,20,22). The molecule has 1 heterocycles. The average molecular weight is 398 g/mol. The second kappa shape index (κ2) is 8.16. The van der Waals surface area contributed by atoms with E-state index in [2.05, 4.69) is 10.6 Å². The molecular formula is C18H26N2O6S. The molecule has 0 saturated carbocycles. The van der Waals surface area contributed by atoms with Crippen LogP contribution in [0.3, 0.4) is 0 Å². The molecule has 1 aromatic rings. The molecule has 8 nitrogen and oxygen atoms in total. The van der Waals surface area contributed by atoms with Gasteiger partial charge in [0.1, 0.15) is 5.41 Å². The van der Waals surface area contributed by atoms with Gasteiger partial charge in [-0.25, -0.2) is 8.42 Å². The van der Waals surface area contributed by atoms with Crippen molar-refractivity contribution in [2.45, 2.75) is 32.9 Å². The van der Waals surface area contributed by atoms with Crippen molar-refractivity contribution in [2.24, 2.45) is 5.41 Å². The van der Waals surface area contributed by atoms with Crippen LogP contribution in [0.1, 0.15) is 25.8 Å². The van der Waals surface area contributed by atoms with Crippen LogP contribution in [0, 0.1) is 5.41 Å². The van der Waals surface area contributed by atoms with Gasteiger partial charge in [0, 0.05) is 12.6 Å². The Morgan fingerprint density at radius 1 is 1.15 bits per heavy atom. The molecule has 9 heteroatoms. The highest BCUT2D eigenvalue weighted by atomic mass is 32.2. The van der Waals surface area contributed by atoms with Crippen molar-refractivity contribution in [3.05, 3.63) is 23.8 Å². The molecule has 150 valence electrons. The number of nitrogens with one attached hydrogen (secondary N) is 2. The van der Waals surface area contributed by atoms with E-state index >= 15 is 0 Å². The van der Waals surface area contributed by atoms with Crippen LogP contribution in [0.2, 0.25) is 0 Å². The van der Waals surface area contributed by atoms with Crippen molar-refractivity contribution in [3.63, 3.8) is 0 Å². The molecular weight excluding hydrogens is 372 g/mol. The Bertz CT molecular complexity index is 819. The maximum Gasteiger partial charge on any atom is 0.235 e. The number of hydrogen-bond acceptors (Lipinski definition) is 6. The number of carbonyl (C=O) groups is 2. The fraction of sp³-hybridized carbons (Fsp3) is 0.556. The molecule has 0 radical (unpaired) electrons. The predicted octanol–water partition coefficient (Wildman–Crippen LogP) is 0.650. The summed E-state index contributed by atoms with van der Waals surface area (Å²) in [5, 5.41) is 5.41. The van der Waals surface area contributed by atoms with Crippen LogP contribution in [0.4, 0.5) is 0 Å². The number of rotatable bonds is 7. The van der Waals surface area contributed by atoms with Crippen molar-refractivity contribution in [1.82, 2.24) is 10.6 Å². The van der Waals surface area contributed by atoms with Crippen LogP contribution in [-0.4, -0.2) is 52.0 Å². The number of hydrogen-bond donors (Lipinski definition) is 2. The Kier molecular flexibility index (Phi) is 6.35. The van der Waals surface area contributed by atoms with Gasteiger partial charge in [0.15, 0.2) is 21.3 Å². The maximum absolute atomic E-state index is 12.5. The lowest BCUT2D eigenvalue weighted by atomic mass is 9.90. The first-order valence-electron chi connectivity index (χ1n) is 8.59. The first-order valence-corrected chi connectivity index (χ1v) is 10.4. The topological polar surface area (TPSA) is 111 Å². The Hall–Kier alpha value is -2.29. The van der Waals surface area contributed by atoms with Gasteiger partial charge in [-0.2, -0.15) is 0 Å². The minimum atomic E-state index is -3.10. The summed E-state index contributed by atoms with van der Waals surface area (Å²) in [6.45, 7) is 3.24. The van der Waals surface area contributed by atoms with Crippen molar-refractivity contribution in [2.75, 3.05) is 25.7 Å². The summed E-state index contributed by atoms with van der Waals surface area (Å²) < 4.78 is 33.4. The summed E-state index contributed by atoms with van der Waals surface area (Å²) in [4.78, 5) is 25.0. The Morgan fingerprint density at radius 2 is 1.81 bits per heavy atom. The molecule has 1 aromatic carbocycles. The molecule has 27 heavy (non-hydrogen) atoms. The van der Waals surface area contributed by atoms with Gasteiger partial charge in [0.25, 0.3) is 0 Å². The number of sulfone groups is 1. The Labute approximate surface area is 159 Å². The summed E-state index contributed by atoms with van der Waals surface area (Å²) in [6.07, 6.45) is 0.372. The second-order valence-electron chi connectivity index (χ2n) is 7.07. The van der Waals surface area contributed by atoms with E-state index in [1.165, 1.54) is 28.1 Å². The lowest BCUT2D eigenvalue weighted by molar-refractivity contribution is -0.141. The van der Waals surface area contributed by atoms with Crippen molar-refractivity contribution >= 4 is 21.7 Å². The molecule has 0 spiro atoms. The average Bonchev–Trinajstić information content (AvgIpc) is 2.97. The monoisotopic (exact) mass is 398 g/mol. The Balaban J connectivity index is 1.96. The van der Waals surface area contributed by atoms with Crippen LogP contribution in [0.15, 0.2) is 18.2 Å². The fourth-order valence-electron chi connectivity index (χ4n) is 2.77. The zero-order chi connectivity index (χ0) is 20.2. The lowest BCUT2D eigenvalue weighted by Gasteiger charge is -2.24. The first-order chi connectivity index (χ1) is 12.6. The van der Waals surface area contributed by atoms with Gasteiger partial charge in [0.2, 0.25) is 11.8 Å². The van der Waals surface area contributed by atoms with Gasteiger partial charge in [-0.1, -0.05) is 6.07 Å². The van der Waals surface area contributed by atoms with Crippen LogP contribution >= 0.6 is 0 Å². The van der Waals surface area contributed by atoms with E-state index in [0.717, 1.165) is 5.56 Å². The van der Waals surface area contributed by atoms with E-state index in [4.69, 9.17) is 9.47 Å². The SMILES string of the molecule is COc1ccc(CNC(=O)C(C)(C)C(=O)NC2CCS(=O)(=O)C2)cc1OC. The third kappa shape index (κ3) is 5.12. The molecule has 1 saturated heterocycles. The molecule has 2 rings (SSSR count). The number of amides is 2. The molecule has 1 fully saturated rings. The Morgan fingerprint density at radius 3 is 2.37 bits per heavy atom. The smallest absolute Gasteiger partial charge is 0.235 e. The molecule has 0 aliphatic carbocycles. The molecule has 1 unspecified atom stereocenters. The zero-order valence-electron chi connectivity index (χ0n) is 16.0. The van der Waals surface area contributed by atoms with Crippen LogP contribution < -0.4 is 20.1 Å². The van der Waals surface area contributed by atoms with Gasteiger partial charge >= 0.3 is 0 Å². The summed E-state index contributed by atoms with van der Waals surface area (Å²) in [6, 6.07) is 4.83. The molecule has 1 aliphatic heterocycles. The zero-order valence-corrected chi connectivity index (χ0v) is 16.8. The lowest BCUT2D eigenvalue weighted by Crippen LogP contribution is -2.50. The van der Waals surface area contributed by atoms with E-state index in [-0.39, 0.29) is 18.1 Å². The minimum Gasteiger partial charge on any atom is -0.493 e. The van der Waals surface area contributed by atoms with Gasteiger partial charge in [-0.05, 0) is 38.0 Å². The second-order valence-corrected chi connectivity index (χ2v) is 9.30. The first kappa shape index (κ1) is 21.0. The van der Waals surface area contributed by atoms with Gasteiger partial charge in [0.05, 0.1) is 25.7 Å². The number of benzene rings is 1. The molecule has 1 atom stereocenters. The summed E-state index contributed by atoms with van der Waals surface area (Å²) in [7, 11) is -0.0405. The third-order valence-corrected chi connectivity index (χ3v) is 6.37. The van der Waals surface area contributed by atoms with E-state index in [0.29, 0.717) is 17.9 Å². The molecule has 1 aliphatic rings. The largest absolute Gasteiger partial charge is 0.493 e. The van der Waals surface area contributed by atoms with E-state index in [1.807, 2.05) is 0 Å². The molecule has 2 N–H and O–H groups in total. The van der Waals surface area contributed by atoms with E-state index in [9.17, 15) is 18.0 Å². The molecule has 2 amide bonds. The van der Waals surface area contributed by atoms with Crippen LogP contribution in [0.25, 0.3) is 0 Å². The van der Waals surface area contributed by atoms with E-state index in [1.54, 1.807) is 18.2 Å². The van der Waals surface area contributed by atoms with Crippen LogP contribution in [0.5, 0.6) is 11.5 Å². The van der Waals surface area contributed by atoms with Crippen molar-refractivity contribution < 1.29 is 27.5 Å². The highest BCUT2D eigenvalue weighted by Gasteiger charge is 2.38. The number of methoxy groups -OCH3 is 2. The predicted molar refractivity (Wildman–Crippen MR) is 100 cm³/mol. The quantitative estimate of drug-likeness (QED) is 0.653. The van der Waals surface area contributed by atoms with Gasteiger partial charge in [-0.3, -0.25) is 9.59 Å². The summed E-state index contributed by atoms with van der Waals surface area (Å²) in [5.41, 5.74) is -0.540. The number of ether oxygens (including phenoxy) is 2. The fourth-order valence-corrected chi connectivity index (χ4v) is 4.45. The normalized spacial score (nSPS) is 18.6. The van der Waals surface area contributed by atoms with Gasteiger partial charge < -0.3 is 20.1 Å². The van der Waals surface area contributed by atoms with Crippen LogP contribution in [-0.2, 0) is 26.0 Å². The third-order valence-electron chi connectivity index (χ3n) is 4.60. The van der Waals surface area contributed by atoms with Crippen molar-refractivity contribution in [3.8, 4) is 11.5 Å². The van der Waals surface area contributed by atoms with Crippen molar-refractivity contribution in [1.29, 1.82) is 0 Å². The molecule has 0 bridgehead atoms. The minimum absolute atomic E-state index is 0.0594. The van der Waals surface area contributed by atoms with E-state index < -0.39 is 33.1 Å². The summed E-state index contributed by atoms with van der Waals surface area (Å²) in [5.74, 6) is 0.166. The highest BCUT2D eigenvalue weighted by Crippen LogP contribution is 2.27.